The van der Waals surface area contributed by atoms with Crippen LogP contribution in [0.2, 0.25) is 5.02 Å². The summed E-state index contributed by atoms with van der Waals surface area (Å²) in [5.74, 6) is -0.682. The first kappa shape index (κ1) is 14.7. The molecular formula is C14H11ClF2IN. The average molecular weight is 394 g/mol. The van der Waals surface area contributed by atoms with E-state index in [0.29, 0.717) is 17.0 Å². The zero-order chi connectivity index (χ0) is 14.0. The van der Waals surface area contributed by atoms with Gasteiger partial charge in [-0.3, -0.25) is 0 Å². The maximum absolute atomic E-state index is 13.7. The number of benzene rings is 2. The van der Waals surface area contributed by atoms with Gasteiger partial charge in [0.2, 0.25) is 0 Å². The summed E-state index contributed by atoms with van der Waals surface area (Å²) in [6.45, 7) is 0. The lowest BCUT2D eigenvalue weighted by atomic mass is 9.99. The van der Waals surface area contributed by atoms with Gasteiger partial charge in [-0.25, -0.2) is 8.78 Å². The van der Waals surface area contributed by atoms with Crippen molar-refractivity contribution in [3.05, 3.63) is 67.8 Å². The molecule has 2 aromatic carbocycles. The van der Waals surface area contributed by atoms with Gasteiger partial charge in [0.25, 0.3) is 0 Å². The Labute approximate surface area is 128 Å². The van der Waals surface area contributed by atoms with E-state index in [2.05, 4.69) is 0 Å². The molecule has 0 saturated heterocycles. The second kappa shape index (κ2) is 6.15. The van der Waals surface area contributed by atoms with Crippen LogP contribution in [0.3, 0.4) is 0 Å². The van der Waals surface area contributed by atoms with Crippen LogP contribution in [0.25, 0.3) is 0 Å². The molecule has 2 aromatic rings. The van der Waals surface area contributed by atoms with Crippen molar-refractivity contribution in [1.82, 2.24) is 0 Å². The van der Waals surface area contributed by atoms with Crippen LogP contribution in [0.5, 0.6) is 0 Å². The van der Waals surface area contributed by atoms with Crippen molar-refractivity contribution < 1.29 is 8.78 Å². The number of hydrogen-bond acceptors (Lipinski definition) is 1. The fraction of sp³-hybridized carbons (Fsp3) is 0.143. The van der Waals surface area contributed by atoms with Gasteiger partial charge >= 0.3 is 0 Å². The largest absolute Gasteiger partial charge is 0.324 e. The summed E-state index contributed by atoms with van der Waals surface area (Å²) in [7, 11) is 0. The highest BCUT2D eigenvalue weighted by atomic mass is 127. The van der Waals surface area contributed by atoms with Crippen molar-refractivity contribution in [2.45, 2.75) is 12.5 Å². The maximum Gasteiger partial charge on any atom is 0.127 e. The quantitative estimate of drug-likeness (QED) is 0.765. The Morgan fingerprint density at radius 1 is 1.16 bits per heavy atom. The smallest absolute Gasteiger partial charge is 0.127 e. The Kier molecular flexibility index (Phi) is 4.76. The molecule has 0 bridgehead atoms. The normalized spacial score (nSPS) is 12.5. The Bertz CT molecular complexity index is 604. The minimum absolute atomic E-state index is 0.307. The molecule has 2 N–H and O–H groups in total. The molecule has 5 heteroatoms. The van der Waals surface area contributed by atoms with Crippen LogP contribution in [0.1, 0.15) is 17.2 Å². The van der Waals surface area contributed by atoms with Crippen LogP contribution in [-0.4, -0.2) is 0 Å². The summed E-state index contributed by atoms with van der Waals surface area (Å²) < 4.78 is 27.5. The average Bonchev–Trinajstić information content (AvgIpc) is 2.32. The summed E-state index contributed by atoms with van der Waals surface area (Å²) >= 11 is 7.72. The molecule has 0 spiro atoms. The van der Waals surface area contributed by atoms with E-state index in [1.54, 1.807) is 18.2 Å². The minimum Gasteiger partial charge on any atom is -0.324 e. The van der Waals surface area contributed by atoms with E-state index in [0.717, 1.165) is 9.13 Å². The maximum atomic E-state index is 13.7. The van der Waals surface area contributed by atoms with Gasteiger partial charge in [0.15, 0.2) is 0 Å². The molecule has 0 aliphatic carbocycles. The molecule has 0 aliphatic heterocycles. The van der Waals surface area contributed by atoms with E-state index < -0.39 is 0 Å². The van der Waals surface area contributed by atoms with Gasteiger partial charge in [-0.1, -0.05) is 23.7 Å². The fourth-order valence-corrected chi connectivity index (χ4v) is 2.87. The Balaban J connectivity index is 2.23. The highest BCUT2D eigenvalue weighted by molar-refractivity contribution is 14.1. The van der Waals surface area contributed by atoms with Gasteiger partial charge < -0.3 is 5.73 Å². The monoisotopic (exact) mass is 393 g/mol. The van der Waals surface area contributed by atoms with Gasteiger partial charge in [0.05, 0.1) is 0 Å². The van der Waals surface area contributed by atoms with Crippen LogP contribution >= 0.6 is 34.2 Å². The summed E-state index contributed by atoms with van der Waals surface area (Å²) in [5.41, 5.74) is 7.36. The Hall–Kier alpha value is -0.720. The predicted octanol–water partition coefficient (Wildman–Crippen LogP) is 4.47. The molecule has 0 fully saturated rings. The van der Waals surface area contributed by atoms with Crippen LogP contribution in [0.15, 0.2) is 36.4 Å². The standard InChI is InChI=1S/C14H11ClF2IN/c15-9-2-1-8(12(17)6-9)5-14(19)11-4-3-10(16)7-13(11)18/h1-4,6-7,14H,5,19H2. The first-order valence-electron chi connectivity index (χ1n) is 5.62. The van der Waals surface area contributed by atoms with Crippen molar-refractivity contribution in [1.29, 1.82) is 0 Å². The van der Waals surface area contributed by atoms with Crippen LogP contribution in [0, 0.1) is 15.2 Å². The number of nitrogens with two attached hydrogens (primary N) is 1. The molecule has 100 valence electrons. The Morgan fingerprint density at radius 2 is 1.89 bits per heavy atom. The molecule has 0 aromatic heterocycles. The van der Waals surface area contributed by atoms with Crippen molar-refractivity contribution in [3.63, 3.8) is 0 Å². The summed E-state index contributed by atoms with van der Waals surface area (Å²) in [4.78, 5) is 0. The second-order valence-electron chi connectivity index (χ2n) is 4.21. The zero-order valence-corrected chi connectivity index (χ0v) is 12.8. The summed E-state index contributed by atoms with van der Waals surface area (Å²) in [6, 6.07) is 8.53. The van der Waals surface area contributed by atoms with E-state index in [1.807, 2.05) is 22.6 Å². The first-order chi connectivity index (χ1) is 8.97. The molecule has 0 saturated carbocycles. The molecule has 0 heterocycles. The van der Waals surface area contributed by atoms with Gasteiger partial charge in [-0.05, 0) is 64.4 Å². The third kappa shape index (κ3) is 3.64. The topological polar surface area (TPSA) is 26.0 Å². The fourth-order valence-electron chi connectivity index (χ4n) is 1.84. The van der Waals surface area contributed by atoms with Gasteiger partial charge in [-0.2, -0.15) is 0 Å². The predicted molar refractivity (Wildman–Crippen MR) is 81.2 cm³/mol. The van der Waals surface area contributed by atoms with Crippen LogP contribution in [0.4, 0.5) is 8.78 Å². The first-order valence-corrected chi connectivity index (χ1v) is 7.07. The molecule has 1 atom stereocenters. The van der Waals surface area contributed by atoms with Crippen molar-refractivity contribution >= 4 is 34.2 Å². The van der Waals surface area contributed by atoms with E-state index in [1.165, 1.54) is 18.2 Å². The lowest BCUT2D eigenvalue weighted by Crippen LogP contribution is -2.15. The second-order valence-corrected chi connectivity index (χ2v) is 5.81. The van der Waals surface area contributed by atoms with Crippen LogP contribution in [-0.2, 0) is 6.42 Å². The van der Waals surface area contributed by atoms with Crippen molar-refractivity contribution in [2.75, 3.05) is 0 Å². The van der Waals surface area contributed by atoms with Gasteiger partial charge in [0, 0.05) is 14.6 Å². The van der Waals surface area contributed by atoms with Crippen molar-refractivity contribution in [2.24, 2.45) is 5.73 Å². The third-order valence-corrected chi connectivity index (χ3v) is 3.99. The molecule has 1 unspecified atom stereocenters. The van der Waals surface area contributed by atoms with Gasteiger partial charge in [-0.15, -0.1) is 0 Å². The lowest BCUT2D eigenvalue weighted by Gasteiger charge is -2.14. The van der Waals surface area contributed by atoms with Gasteiger partial charge in [0.1, 0.15) is 11.6 Å². The molecule has 2 rings (SSSR count). The van der Waals surface area contributed by atoms with Crippen LogP contribution < -0.4 is 5.73 Å². The highest BCUT2D eigenvalue weighted by Crippen LogP contribution is 2.24. The van der Waals surface area contributed by atoms with Crippen molar-refractivity contribution in [3.8, 4) is 0 Å². The van der Waals surface area contributed by atoms with E-state index in [4.69, 9.17) is 17.3 Å². The third-order valence-electron chi connectivity index (χ3n) is 2.82. The molecule has 0 amide bonds. The molecule has 0 aliphatic rings. The van der Waals surface area contributed by atoms with E-state index in [9.17, 15) is 8.78 Å². The number of halogens is 4. The highest BCUT2D eigenvalue weighted by Gasteiger charge is 2.13. The van der Waals surface area contributed by atoms with E-state index in [-0.39, 0.29) is 17.7 Å². The summed E-state index contributed by atoms with van der Waals surface area (Å²) in [5, 5.41) is 0.353. The van der Waals surface area contributed by atoms with E-state index >= 15 is 0 Å². The number of hydrogen-bond donors (Lipinski definition) is 1. The SMILES string of the molecule is NC(Cc1ccc(Cl)cc1F)c1ccc(F)cc1I. The summed E-state index contributed by atoms with van der Waals surface area (Å²) in [6.07, 6.45) is 0.338. The Morgan fingerprint density at radius 3 is 2.53 bits per heavy atom. The number of rotatable bonds is 3. The zero-order valence-electron chi connectivity index (χ0n) is 9.84. The lowest BCUT2D eigenvalue weighted by molar-refractivity contribution is 0.591. The molecule has 19 heavy (non-hydrogen) atoms. The molecular weight excluding hydrogens is 383 g/mol. The molecule has 1 nitrogen and oxygen atoms in total. The minimum atomic E-state index is -0.386. The molecule has 0 radical (unpaired) electrons.